The number of rotatable bonds is 2. The zero-order chi connectivity index (χ0) is 17.8. The lowest BCUT2D eigenvalue weighted by Gasteiger charge is -2.37. The van der Waals surface area contributed by atoms with Gasteiger partial charge in [-0.05, 0) is 55.0 Å². The minimum Gasteiger partial charge on any atom is -0.367 e. The monoisotopic (exact) mass is 414 g/mol. The van der Waals surface area contributed by atoms with E-state index in [1.54, 1.807) is 0 Å². The van der Waals surface area contributed by atoms with Crippen LogP contribution in [0.2, 0.25) is 0 Å². The molecule has 0 spiro atoms. The first-order chi connectivity index (χ1) is 12.1. The van der Waals surface area contributed by atoms with Gasteiger partial charge >= 0.3 is 0 Å². The molecule has 0 radical (unpaired) electrons. The largest absolute Gasteiger partial charge is 0.367 e. The molecule has 0 atom stereocenters. The van der Waals surface area contributed by atoms with Crippen molar-refractivity contribution in [2.75, 3.05) is 36.4 Å². The maximum atomic E-state index is 9.27. The Morgan fingerprint density at radius 3 is 2.56 bits per heavy atom. The first kappa shape index (κ1) is 17.7. The van der Waals surface area contributed by atoms with Crippen molar-refractivity contribution in [2.45, 2.75) is 6.92 Å². The number of thiocarbonyl (C=S) groups is 1. The van der Waals surface area contributed by atoms with Crippen molar-refractivity contribution in [1.82, 2.24) is 4.90 Å². The van der Waals surface area contributed by atoms with Crippen LogP contribution in [-0.2, 0) is 0 Å². The maximum Gasteiger partial charge on any atom is 0.173 e. The van der Waals surface area contributed by atoms with Gasteiger partial charge in [-0.1, -0.05) is 28.1 Å². The quantitative estimate of drug-likeness (QED) is 0.747. The van der Waals surface area contributed by atoms with Gasteiger partial charge in [0.2, 0.25) is 0 Å². The molecule has 1 fully saturated rings. The summed E-state index contributed by atoms with van der Waals surface area (Å²) in [5.41, 5.74) is 3.91. The molecule has 4 nitrogen and oxygen atoms in total. The molecule has 6 heteroatoms. The number of halogens is 1. The molecule has 128 valence electrons. The van der Waals surface area contributed by atoms with Crippen LogP contribution in [0.5, 0.6) is 0 Å². The normalized spacial score (nSPS) is 14.1. The maximum absolute atomic E-state index is 9.27. The first-order valence-corrected chi connectivity index (χ1v) is 9.35. The third kappa shape index (κ3) is 4.12. The van der Waals surface area contributed by atoms with Crippen LogP contribution in [0.15, 0.2) is 46.9 Å². The van der Waals surface area contributed by atoms with E-state index >= 15 is 0 Å². The average molecular weight is 415 g/mol. The van der Waals surface area contributed by atoms with Gasteiger partial charge in [-0.2, -0.15) is 5.26 Å². The number of piperazine rings is 1. The second-order valence-electron chi connectivity index (χ2n) is 6.00. The van der Waals surface area contributed by atoms with E-state index in [-0.39, 0.29) is 0 Å². The molecule has 0 unspecified atom stereocenters. The van der Waals surface area contributed by atoms with Crippen molar-refractivity contribution in [3.8, 4) is 6.07 Å². The molecule has 1 saturated heterocycles. The van der Waals surface area contributed by atoms with Crippen LogP contribution in [0.1, 0.15) is 11.1 Å². The van der Waals surface area contributed by atoms with Gasteiger partial charge in [-0.25, -0.2) is 0 Å². The molecular formula is C19H19BrN4S. The minimum absolute atomic E-state index is 0.724. The number of nitrogens with zero attached hydrogens (tertiary/aromatic N) is 3. The van der Waals surface area contributed by atoms with E-state index in [4.69, 9.17) is 12.2 Å². The Bertz CT molecular complexity index is 822. The number of anilines is 2. The fraction of sp³-hybridized carbons (Fsp3) is 0.263. The summed E-state index contributed by atoms with van der Waals surface area (Å²) in [4.78, 5) is 4.43. The molecule has 0 amide bonds. The second kappa shape index (κ2) is 7.85. The molecule has 0 aliphatic carbocycles. The van der Waals surface area contributed by atoms with E-state index in [9.17, 15) is 5.26 Å². The number of nitriles is 1. The number of para-hydroxylation sites is 1. The number of benzene rings is 2. The molecule has 1 N–H and O–H groups in total. The van der Waals surface area contributed by atoms with E-state index in [2.05, 4.69) is 50.1 Å². The van der Waals surface area contributed by atoms with Crippen LogP contribution in [0.3, 0.4) is 0 Å². The van der Waals surface area contributed by atoms with Crippen molar-refractivity contribution >= 4 is 44.6 Å². The van der Waals surface area contributed by atoms with E-state index in [0.717, 1.165) is 52.7 Å². The molecule has 2 aromatic carbocycles. The molecule has 1 aliphatic heterocycles. The molecule has 0 bridgehead atoms. The SMILES string of the molecule is Cc1cc(NC(=S)N2CCN(c3ccccc3C#N)CC2)ccc1Br. The highest BCUT2D eigenvalue weighted by Crippen LogP contribution is 2.22. The van der Waals surface area contributed by atoms with E-state index in [1.165, 1.54) is 5.56 Å². The summed E-state index contributed by atoms with van der Waals surface area (Å²) in [7, 11) is 0. The predicted molar refractivity (Wildman–Crippen MR) is 110 cm³/mol. The Labute approximate surface area is 162 Å². The van der Waals surface area contributed by atoms with Crippen molar-refractivity contribution in [3.05, 3.63) is 58.1 Å². The Morgan fingerprint density at radius 2 is 1.88 bits per heavy atom. The number of nitrogens with one attached hydrogen (secondary N) is 1. The lowest BCUT2D eigenvalue weighted by molar-refractivity contribution is 0.391. The third-order valence-electron chi connectivity index (χ3n) is 4.34. The fourth-order valence-electron chi connectivity index (χ4n) is 2.92. The molecule has 25 heavy (non-hydrogen) atoms. The predicted octanol–water partition coefficient (Wildman–Crippen LogP) is 4.15. The number of hydrogen-bond acceptors (Lipinski definition) is 3. The molecule has 1 heterocycles. The van der Waals surface area contributed by atoms with Crippen molar-refractivity contribution in [2.24, 2.45) is 0 Å². The van der Waals surface area contributed by atoms with Crippen molar-refractivity contribution < 1.29 is 0 Å². The Balaban J connectivity index is 1.61. The summed E-state index contributed by atoms with van der Waals surface area (Å²) >= 11 is 9.08. The summed E-state index contributed by atoms with van der Waals surface area (Å²) in [5, 5.41) is 13.3. The van der Waals surface area contributed by atoms with Crippen LogP contribution in [0.4, 0.5) is 11.4 Å². The molecule has 0 aromatic heterocycles. The van der Waals surface area contributed by atoms with E-state index in [1.807, 2.05) is 36.4 Å². The lowest BCUT2D eigenvalue weighted by atomic mass is 10.1. The highest BCUT2D eigenvalue weighted by atomic mass is 79.9. The van der Waals surface area contributed by atoms with Crippen LogP contribution >= 0.6 is 28.1 Å². The minimum atomic E-state index is 0.724. The number of aryl methyl sites for hydroxylation is 1. The van der Waals surface area contributed by atoms with Crippen LogP contribution in [-0.4, -0.2) is 36.2 Å². The topological polar surface area (TPSA) is 42.3 Å². The third-order valence-corrected chi connectivity index (χ3v) is 5.59. The van der Waals surface area contributed by atoms with Crippen LogP contribution in [0, 0.1) is 18.3 Å². The van der Waals surface area contributed by atoms with Crippen LogP contribution in [0.25, 0.3) is 0 Å². The zero-order valence-corrected chi connectivity index (χ0v) is 16.4. The Hall–Kier alpha value is -2.10. The molecular weight excluding hydrogens is 396 g/mol. The van der Waals surface area contributed by atoms with Crippen molar-refractivity contribution in [3.63, 3.8) is 0 Å². The van der Waals surface area contributed by atoms with Gasteiger partial charge in [0.05, 0.1) is 11.3 Å². The molecule has 0 saturated carbocycles. The van der Waals surface area contributed by atoms with Crippen molar-refractivity contribution in [1.29, 1.82) is 5.26 Å². The Kier molecular flexibility index (Phi) is 5.57. The Morgan fingerprint density at radius 1 is 1.16 bits per heavy atom. The summed E-state index contributed by atoms with van der Waals surface area (Å²) in [5.74, 6) is 0. The highest BCUT2D eigenvalue weighted by molar-refractivity contribution is 9.10. The standard InChI is InChI=1S/C19H19BrN4S/c1-14-12-16(6-7-17(14)20)22-19(25)24-10-8-23(9-11-24)18-5-3-2-4-15(18)13-21/h2-7,12H,8-11H2,1H3,(H,22,25). The van der Waals surface area contributed by atoms with Gasteiger partial charge in [0.1, 0.15) is 6.07 Å². The summed E-state index contributed by atoms with van der Waals surface area (Å²) in [6, 6.07) is 16.1. The van der Waals surface area contributed by atoms with Gasteiger partial charge in [-0.3, -0.25) is 0 Å². The summed E-state index contributed by atoms with van der Waals surface area (Å²) < 4.78 is 1.09. The molecule has 2 aromatic rings. The summed E-state index contributed by atoms with van der Waals surface area (Å²) in [6.07, 6.45) is 0. The first-order valence-electron chi connectivity index (χ1n) is 8.14. The van der Waals surface area contributed by atoms with E-state index < -0.39 is 0 Å². The van der Waals surface area contributed by atoms with Crippen LogP contribution < -0.4 is 10.2 Å². The van der Waals surface area contributed by atoms with Gasteiger partial charge in [0, 0.05) is 36.3 Å². The molecule has 1 aliphatic rings. The van der Waals surface area contributed by atoms with Gasteiger partial charge in [-0.15, -0.1) is 0 Å². The lowest BCUT2D eigenvalue weighted by Crippen LogP contribution is -2.50. The van der Waals surface area contributed by atoms with Gasteiger partial charge in [0.25, 0.3) is 0 Å². The van der Waals surface area contributed by atoms with E-state index in [0.29, 0.717) is 0 Å². The fourth-order valence-corrected chi connectivity index (χ4v) is 3.47. The zero-order valence-electron chi connectivity index (χ0n) is 14.0. The number of hydrogen-bond donors (Lipinski definition) is 1. The molecule has 3 rings (SSSR count). The second-order valence-corrected chi connectivity index (χ2v) is 7.24. The van der Waals surface area contributed by atoms with Gasteiger partial charge in [0.15, 0.2) is 5.11 Å². The van der Waals surface area contributed by atoms with Gasteiger partial charge < -0.3 is 15.1 Å². The smallest absolute Gasteiger partial charge is 0.173 e. The summed E-state index contributed by atoms with van der Waals surface area (Å²) in [6.45, 7) is 5.42. The highest BCUT2D eigenvalue weighted by Gasteiger charge is 2.20. The average Bonchev–Trinajstić information content (AvgIpc) is 2.65.